The largest absolute Gasteiger partial charge is 0.490 e. The number of carboxylic acid groups (broad SMARTS) is 1. The number of nitrogens with zero attached hydrogens (tertiary/aromatic N) is 6. The highest BCUT2D eigenvalue weighted by Crippen LogP contribution is 2.19. The summed E-state index contributed by atoms with van der Waals surface area (Å²) in [5.41, 5.74) is 0.422. The van der Waals surface area contributed by atoms with Gasteiger partial charge in [-0.3, -0.25) is 4.79 Å². The van der Waals surface area contributed by atoms with Gasteiger partial charge >= 0.3 is 12.1 Å². The molecule has 30 heavy (non-hydrogen) atoms. The van der Waals surface area contributed by atoms with Gasteiger partial charge in [0.2, 0.25) is 0 Å². The van der Waals surface area contributed by atoms with Crippen LogP contribution in [-0.2, 0) is 17.9 Å². The quantitative estimate of drug-likeness (QED) is 0.763. The number of carbonyl (C=O) groups excluding carboxylic acids is 1. The van der Waals surface area contributed by atoms with Gasteiger partial charge in [0.05, 0.1) is 6.54 Å². The zero-order valence-electron chi connectivity index (χ0n) is 16.7. The van der Waals surface area contributed by atoms with Crippen LogP contribution in [0.15, 0.2) is 17.8 Å². The molecule has 1 amide bonds. The lowest BCUT2D eigenvalue weighted by atomic mass is 10.1. The van der Waals surface area contributed by atoms with Crippen molar-refractivity contribution < 1.29 is 27.9 Å². The summed E-state index contributed by atoms with van der Waals surface area (Å²) in [7, 11) is 2.13. The van der Waals surface area contributed by atoms with E-state index in [9.17, 15) is 18.0 Å². The molecule has 1 aliphatic rings. The Morgan fingerprint density at radius 1 is 1.37 bits per heavy atom. The molecule has 2 aromatic heterocycles. The highest BCUT2D eigenvalue weighted by Gasteiger charge is 2.38. The number of amides is 1. The van der Waals surface area contributed by atoms with E-state index in [2.05, 4.69) is 44.9 Å². The molecule has 3 rings (SSSR count). The first-order valence-electron chi connectivity index (χ1n) is 9.05. The molecular formula is C17H23F3N6O3S. The normalized spacial score (nSPS) is 16.7. The molecule has 0 aromatic carbocycles. The van der Waals surface area contributed by atoms with Gasteiger partial charge in [-0.15, -0.1) is 5.10 Å². The van der Waals surface area contributed by atoms with E-state index in [0.29, 0.717) is 30.7 Å². The number of fused-ring (bicyclic) bond motifs is 1. The molecule has 0 saturated carbocycles. The molecule has 13 heteroatoms. The van der Waals surface area contributed by atoms with E-state index < -0.39 is 12.1 Å². The van der Waals surface area contributed by atoms with Crippen molar-refractivity contribution in [3.8, 4) is 0 Å². The Morgan fingerprint density at radius 2 is 2.03 bits per heavy atom. The summed E-state index contributed by atoms with van der Waals surface area (Å²) in [5.74, 6) is -1.54. The van der Waals surface area contributed by atoms with E-state index in [0.717, 1.165) is 18.9 Å². The van der Waals surface area contributed by atoms with E-state index >= 15 is 0 Å². The van der Waals surface area contributed by atoms with E-state index in [1.807, 2.05) is 11.1 Å². The van der Waals surface area contributed by atoms with Gasteiger partial charge in [-0.1, -0.05) is 4.49 Å². The van der Waals surface area contributed by atoms with Crippen LogP contribution in [0, 0.1) is 5.92 Å². The molecular weight excluding hydrogens is 425 g/mol. The minimum atomic E-state index is -5.08. The van der Waals surface area contributed by atoms with Gasteiger partial charge in [-0.2, -0.15) is 13.2 Å². The minimum Gasteiger partial charge on any atom is -0.475 e. The number of aromatic nitrogens is 4. The number of carbonyl (C=O) groups is 2. The molecule has 2 aromatic rings. The van der Waals surface area contributed by atoms with Gasteiger partial charge < -0.3 is 19.5 Å². The molecule has 9 nitrogen and oxygen atoms in total. The van der Waals surface area contributed by atoms with Gasteiger partial charge in [0.15, 0.2) is 5.69 Å². The lowest BCUT2D eigenvalue weighted by Crippen LogP contribution is -2.40. The zero-order valence-corrected chi connectivity index (χ0v) is 17.5. The van der Waals surface area contributed by atoms with Gasteiger partial charge in [0, 0.05) is 49.4 Å². The third kappa shape index (κ3) is 6.49. The highest BCUT2D eigenvalue weighted by molar-refractivity contribution is 7.03. The first-order chi connectivity index (χ1) is 14.0. The fraction of sp³-hybridized carbons (Fsp3) is 0.588. The smallest absolute Gasteiger partial charge is 0.475 e. The molecule has 3 heterocycles. The van der Waals surface area contributed by atoms with Crippen molar-refractivity contribution in [1.82, 2.24) is 28.9 Å². The molecule has 0 radical (unpaired) electrons. The summed E-state index contributed by atoms with van der Waals surface area (Å²) in [6, 6.07) is 0.479. The third-order valence-corrected chi connectivity index (χ3v) is 5.11. The number of aliphatic carboxylic acids is 1. The maximum atomic E-state index is 12.7. The standard InChI is InChI=1S/C15H22N6OS.C2HF3O2/c1-11(2)19(3)6-12-7-20-5-4-16-14(20)9-21(8-12)15(22)13-10-23-18-17-13;3-2(4,5)1(6)7/h4-5,10-12H,6-9H2,1-3H3;(H,6,7). The first-order valence-corrected chi connectivity index (χ1v) is 9.89. The van der Waals surface area contributed by atoms with Crippen LogP contribution in [0.5, 0.6) is 0 Å². The number of carboxylic acids is 1. The number of alkyl halides is 3. The molecule has 1 atom stereocenters. The van der Waals surface area contributed by atoms with Crippen LogP contribution in [0.2, 0.25) is 0 Å². The molecule has 166 valence electrons. The Kier molecular flexibility index (Phi) is 7.89. The Hall–Kier alpha value is -2.54. The lowest BCUT2D eigenvalue weighted by Gasteiger charge is -2.29. The number of halogens is 3. The van der Waals surface area contributed by atoms with Crippen LogP contribution < -0.4 is 0 Å². The van der Waals surface area contributed by atoms with Crippen molar-refractivity contribution in [3.05, 3.63) is 29.3 Å². The average Bonchev–Trinajstić information content (AvgIpc) is 3.30. The van der Waals surface area contributed by atoms with E-state index in [-0.39, 0.29) is 5.91 Å². The molecule has 0 spiro atoms. The maximum absolute atomic E-state index is 12.7. The predicted octanol–water partition coefficient (Wildman–Crippen LogP) is 1.98. The lowest BCUT2D eigenvalue weighted by molar-refractivity contribution is -0.192. The average molecular weight is 448 g/mol. The van der Waals surface area contributed by atoms with Crippen LogP contribution in [0.25, 0.3) is 0 Å². The molecule has 1 aliphatic heterocycles. The molecule has 1 unspecified atom stereocenters. The monoisotopic (exact) mass is 448 g/mol. The Bertz CT molecular complexity index is 840. The van der Waals surface area contributed by atoms with Crippen molar-refractivity contribution in [2.24, 2.45) is 5.92 Å². The third-order valence-electron chi connectivity index (χ3n) is 4.60. The molecule has 0 aliphatic carbocycles. The molecule has 0 saturated heterocycles. The minimum absolute atomic E-state index is 0.0626. The van der Waals surface area contributed by atoms with Crippen molar-refractivity contribution >= 4 is 23.4 Å². The van der Waals surface area contributed by atoms with Crippen molar-refractivity contribution in [2.75, 3.05) is 20.1 Å². The molecule has 0 fully saturated rings. The topological polar surface area (TPSA) is 104 Å². The number of hydrogen-bond acceptors (Lipinski definition) is 7. The zero-order chi connectivity index (χ0) is 22.5. The number of rotatable bonds is 4. The summed E-state index contributed by atoms with van der Waals surface area (Å²) in [6.07, 6.45) is -1.28. The van der Waals surface area contributed by atoms with Gasteiger partial charge in [0.1, 0.15) is 5.82 Å². The Balaban J connectivity index is 0.000000396. The Labute approximate surface area is 175 Å². The van der Waals surface area contributed by atoms with E-state index in [4.69, 9.17) is 9.90 Å². The summed E-state index contributed by atoms with van der Waals surface area (Å²) in [6.45, 7) is 7.41. The number of hydrogen-bond donors (Lipinski definition) is 1. The van der Waals surface area contributed by atoms with Gasteiger partial charge in [0.25, 0.3) is 5.91 Å². The number of imidazole rings is 1. The fourth-order valence-electron chi connectivity index (χ4n) is 2.85. The predicted molar refractivity (Wildman–Crippen MR) is 102 cm³/mol. The van der Waals surface area contributed by atoms with E-state index in [1.165, 1.54) is 11.5 Å². The van der Waals surface area contributed by atoms with Crippen LogP contribution in [0.1, 0.15) is 30.2 Å². The van der Waals surface area contributed by atoms with Crippen LogP contribution in [0.4, 0.5) is 13.2 Å². The second-order valence-corrected chi connectivity index (χ2v) is 7.78. The van der Waals surface area contributed by atoms with Crippen molar-refractivity contribution in [1.29, 1.82) is 0 Å². The van der Waals surface area contributed by atoms with Crippen molar-refractivity contribution in [3.63, 3.8) is 0 Å². The van der Waals surface area contributed by atoms with Gasteiger partial charge in [-0.05, 0) is 32.4 Å². The highest BCUT2D eigenvalue weighted by atomic mass is 32.1. The van der Waals surface area contributed by atoms with Crippen LogP contribution in [0.3, 0.4) is 0 Å². The van der Waals surface area contributed by atoms with Crippen LogP contribution in [-0.4, -0.2) is 78.3 Å². The summed E-state index contributed by atoms with van der Waals surface area (Å²) < 4.78 is 37.7. The van der Waals surface area contributed by atoms with E-state index in [1.54, 1.807) is 11.6 Å². The fourth-order valence-corrected chi connectivity index (χ4v) is 3.28. The van der Waals surface area contributed by atoms with Gasteiger partial charge in [-0.25, -0.2) is 9.78 Å². The first kappa shape index (κ1) is 23.7. The summed E-state index contributed by atoms with van der Waals surface area (Å²) >= 11 is 1.20. The summed E-state index contributed by atoms with van der Waals surface area (Å²) in [5, 5.41) is 12.7. The molecule has 0 bridgehead atoms. The second-order valence-electron chi connectivity index (χ2n) is 7.17. The summed E-state index contributed by atoms with van der Waals surface area (Å²) in [4.78, 5) is 30.2. The maximum Gasteiger partial charge on any atom is 0.490 e. The second kappa shape index (κ2) is 9.98. The molecule has 1 N–H and O–H groups in total. The SMILES string of the molecule is CC(C)N(C)CC1CN(C(=O)c2csnn2)Cc2nccn2C1.O=C(O)C(F)(F)F. The van der Waals surface area contributed by atoms with Crippen LogP contribution >= 0.6 is 11.5 Å². The van der Waals surface area contributed by atoms with Crippen molar-refractivity contribution in [2.45, 2.75) is 39.2 Å². The Morgan fingerprint density at radius 3 is 2.57 bits per heavy atom.